The summed E-state index contributed by atoms with van der Waals surface area (Å²) in [4.78, 5) is 14.0. The summed E-state index contributed by atoms with van der Waals surface area (Å²) in [5.74, 6) is 0.649. The third kappa shape index (κ3) is 9.23. The van der Waals surface area contributed by atoms with Gasteiger partial charge >= 0.3 is 5.97 Å². The minimum Gasteiger partial charge on any atom is -0.464 e. The van der Waals surface area contributed by atoms with Gasteiger partial charge in [0.05, 0.1) is 11.9 Å². The van der Waals surface area contributed by atoms with Crippen LogP contribution in [0.4, 0.5) is 5.69 Å². The van der Waals surface area contributed by atoms with Crippen LogP contribution in [0.2, 0.25) is 0 Å². The Bertz CT molecular complexity index is 1030. The number of hydrogen-bond acceptors (Lipinski definition) is 4. The molecule has 0 saturated heterocycles. The molecule has 0 unspecified atom stereocenters. The molecule has 0 radical (unpaired) electrons. The number of rotatable bonds is 18. The Balaban J connectivity index is 1.92. The van der Waals surface area contributed by atoms with Gasteiger partial charge in [-0.1, -0.05) is 137 Å². The van der Waals surface area contributed by atoms with E-state index in [1.54, 1.807) is 0 Å². The van der Waals surface area contributed by atoms with Crippen molar-refractivity contribution in [2.45, 2.75) is 88.2 Å². The topological polar surface area (TPSA) is 38.3 Å². The number of anilines is 1. The first-order valence-corrected chi connectivity index (χ1v) is 15.5. The number of nitrogens with one attached hydrogen (secondary N) is 1. The van der Waals surface area contributed by atoms with Gasteiger partial charge in [-0.15, -0.1) is 11.8 Å². The van der Waals surface area contributed by atoms with Gasteiger partial charge in [-0.05, 0) is 36.6 Å². The lowest BCUT2D eigenvalue weighted by molar-refractivity contribution is -0.149. The quantitative estimate of drug-likeness (QED) is 0.131. The lowest BCUT2D eigenvalue weighted by Gasteiger charge is -2.40. The van der Waals surface area contributed by atoms with Crippen molar-refractivity contribution in [2.24, 2.45) is 0 Å². The standard InChI is InChI=1S/C34H45NO2S/c1-3-5-6-7-8-9-10-20-27-34(33(36)37-4-2,35-31-25-18-13-19-26-31)32(30-23-16-12-17-24-30)38-28-29-21-14-11-15-22-29/h11-19,21-26,32,35H,3-10,20,27-28H2,1-2H3/t32-,34-/m0/s1. The highest BCUT2D eigenvalue weighted by Gasteiger charge is 2.47. The number of para-hydroxylation sites is 1. The molecule has 0 aliphatic heterocycles. The van der Waals surface area contributed by atoms with Gasteiger partial charge in [0.1, 0.15) is 0 Å². The minimum absolute atomic E-state index is 0.118. The van der Waals surface area contributed by atoms with Crippen molar-refractivity contribution < 1.29 is 9.53 Å². The second-order valence-electron chi connectivity index (χ2n) is 10.00. The minimum atomic E-state index is -0.889. The molecule has 0 heterocycles. The van der Waals surface area contributed by atoms with Gasteiger partial charge in [0, 0.05) is 11.4 Å². The predicted octanol–water partition coefficient (Wildman–Crippen LogP) is 9.61. The van der Waals surface area contributed by atoms with E-state index in [2.05, 4.69) is 60.8 Å². The lowest BCUT2D eigenvalue weighted by atomic mass is 9.84. The van der Waals surface area contributed by atoms with Crippen LogP contribution in [0.3, 0.4) is 0 Å². The summed E-state index contributed by atoms with van der Waals surface area (Å²) in [6, 6.07) is 31.1. The van der Waals surface area contributed by atoms with E-state index in [1.807, 2.05) is 61.2 Å². The van der Waals surface area contributed by atoms with E-state index in [-0.39, 0.29) is 11.2 Å². The summed E-state index contributed by atoms with van der Waals surface area (Å²) in [5, 5.41) is 3.62. The molecule has 0 aromatic heterocycles. The van der Waals surface area contributed by atoms with Crippen molar-refractivity contribution >= 4 is 23.4 Å². The van der Waals surface area contributed by atoms with Crippen LogP contribution >= 0.6 is 11.8 Å². The first-order valence-electron chi connectivity index (χ1n) is 14.4. The lowest BCUT2D eigenvalue weighted by Crippen LogP contribution is -2.51. The number of esters is 1. The van der Waals surface area contributed by atoms with Crippen molar-refractivity contribution in [3.05, 3.63) is 102 Å². The number of hydrogen-bond donors (Lipinski definition) is 1. The molecule has 204 valence electrons. The molecule has 1 N–H and O–H groups in total. The summed E-state index contributed by atoms with van der Waals surface area (Å²) in [6.45, 7) is 4.52. The number of unbranched alkanes of at least 4 members (excludes halogenated alkanes) is 7. The molecule has 0 aliphatic rings. The number of benzene rings is 3. The largest absolute Gasteiger partial charge is 0.464 e. The first kappa shape index (κ1) is 29.8. The molecule has 0 fully saturated rings. The molecule has 0 amide bonds. The molecule has 0 bridgehead atoms. The third-order valence-corrected chi connectivity index (χ3v) is 8.52. The van der Waals surface area contributed by atoms with Crippen LogP contribution in [0.1, 0.15) is 88.0 Å². The molecule has 2 atom stereocenters. The Hall–Kier alpha value is -2.72. The van der Waals surface area contributed by atoms with Crippen LogP contribution in [0.5, 0.6) is 0 Å². The van der Waals surface area contributed by atoms with Crippen molar-refractivity contribution in [2.75, 3.05) is 11.9 Å². The van der Waals surface area contributed by atoms with Gasteiger partial charge in [0.2, 0.25) is 0 Å². The molecule has 3 rings (SSSR count). The first-order chi connectivity index (χ1) is 18.7. The fourth-order valence-electron chi connectivity index (χ4n) is 5.00. The molecule has 0 spiro atoms. The second-order valence-corrected chi connectivity index (χ2v) is 11.1. The maximum absolute atomic E-state index is 14.0. The number of ether oxygens (including phenoxy) is 1. The zero-order valence-corrected chi connectivity index (χ0v) is 24.1. The fourth-order valence-corrected chi connectivity index (χ4v) is 6.46. The molecule has 4 heteroatoms. The van der Waals surface area contributed by atoms with E-state index < -0.39 is 5.54 Å². The average Bonchev–Trinajstić information content (AvgIpc) is 2.96. The molecule has 3 aromatic carbocycles. The van der Waals surface area contributed by atoms with Crippen LogP contribution < -0.4 is 5.32 Å². The molecular formula is C34H45NO2S. The second kappa shape index (κ2) is 17.0. The van der Waals surface area contributed by atoms with Gasteiger partial charge in [0.25, 0.3) is 0 Å². The molecule has 0 saturated carbocycles. The Kier molecular flexibility index (Phi) is 13.3. The monoisotopic (exact) mass is 531 g/mol. The SMILES string of the molecule is CCCCCCCCCC[C@@](Nc1ccccc1)(C(=O)OCC)[C@@H](SCc1ccccc1)c1ccccc1. The van der Waals surface area contributed by atoms with Gasteiger partial charge in [-0.2, -0.15) is 0 Å². The summed E-state index contributed by atoms with van der Waals surface area (Å²) < 4.78 is 5.84. The van der Waals surface area contributed by atoms with Crippen molar-refractivity contribution in [3.8, 4) is 0 Å². The average molecular weight is 532 g/mol. The van der Waals surface area contributed by atoms with Crippen LogP contribution in [0, 0.1) is 0 Å². The van der Waals surface area contributed by atoms with Crippen molar-refractivity contribution in [1.82, 2.24) is 0 Å². The smallest absolute Gasteiger partial charge is 0.333 e. The van der Waals surface area contributed by atoms with Crippen LogP contribution in [-0.2, 0) is 15.3 Å². The van der Waals surface area contributed by atoms with Crippen molar-refractivity contribution in [1.29, 1.82) is 0 Å². The van der Waals surface area contributed by atoms with Gasteiger partial charge < -0.3 is 10.1 Å². The number of carbonyl (C=O) groups excluding carboxylic acids is 1. The highest BCUT2D eigenvalue weighted by Crippen LogP contribution is 2.45. The third-order valence-electron chi connectivity index (χ3n) is 7.01. The van der Waals surface area contributed by atoms with E-state index >= 15 is 0 Å². The molecule has 0 aliphatic carbocycles. The van der Waals surface area contributed by atoms with E-state index in [1.165, 1.54) is 44.1 Å². The Morgan fingerprint density at radius 3 is 1.92 bits per heavy atom. The fraction of sp³-hybridized carbons (Fsp3) is 0.441. The van der Waals surface area contributed by atoms with E-state index in [0.29, 0.717) is 6.61 Å². The Morgan fingerprint density at radius 2 is 1.32 bits per heavy atom. The Morgan fingerprint density at radius 1 is 0.763 bits per heavy atom. The summed E-state index contributed by atoms with van der Waals surface area (Å²) in [6.07, 6.45) is 10.5. The summed E-state index contributed by atoms with van der Waals surface area (Å²) in [5.41, 5.74) is 2.45. The maximum Gasteiger partial charge on any atom is 0.333 e. The van der Waals surface area contributed by atoms with Gasteiger partial charge in [-0.3, -0.25) is 0 Å². The highest BCUT2D eigenvalue weighted by atomic mass is 32.2. The van der Waals surface area contributed by atoms with E-state index in [0.717, 1.165) is 36.3 Å². The van der Waals surface area contributed by atoms with E-state index in [9.17, 15) is 4.79 Å². The highest BCUT2D eigenvalue weighted by molar-refractivity contribution is 7.98. The summed E-state index contributed by atoms with van der Waals surface area (Å²) in [7, 11) is 0. The van der Waals surface area contributed by atoms with Gasteiger partial charge in [-0.25, -0.2) is 4.79 Å². The van der Waals surface area contributed by atoms with Crippen LogP contribution in [-0.4, -0.2) is 18.1 Å². The normalized spacial score (nSPS) is 13.4. The Labute approximate surface area is 234 Å². The molecular weight excluding hydrogens is 486 g/mol. The summed E-state index contributed by atoms with van der Waals surface area (Å²) >= 11 is 1.82. The maximum atomic E-state index is 14.0. The zero-order valence-electron chi connectivity index (χ0n) is 23.2. The van der Waals surface area contributed by atoms with Crippen LogP contribution in [0.25, 0.3) is 0 Å². The number of carbonyl (C=O) groups is 1. The number of thioether (sulfide) groups is 1. The molecule has 3 aromatic rings. The van der Waals surface area contributed by atoms with Gasteiger partial charge in [0.15, 0.2) is 5.54 Å². The van der Waals surface area contributed by atoms with Crippen molar-refractivity contribution in [3.63, 3.8) is 0 Å². The predicted molar refractivity (Wildman–Crippen MR) is 164 cm³/mol. The molecule has 3 nitrogen and oxygen atoms in total. The van der Waals surface area contributed by atoms with E-state index in [4.69, 9.17) is 4.74 Å². The molecule has 38 heavy (non-hydrogen) atoms. The zero-order chi connectivity index (χ0) is 26.9. The van der Waals surface area contributed by atoms with Crippen LogP contribution in [0.15, 0.2) is 91.0 Å².